The quantitative estimate of drug-likeness (QED) is 0.498. The molecule has 0 aliphatic heterocycles. The number of nitrogens with zero attached hydrogens (tertiary/aromatic N) is 3. The Morgan fingerprint density at radius 1 is 1.45 bits per heavy atom. The Balaban J connectivity index is 2.95. The number of pyridine rings is 1. The fourth-order valence-electron chi connectivity index (χ4n) is 1.29. The lowest BCUT2D eigenvalue weighted by Crippen LogP contribution is -2.21. The molecule has 2 heterocycles. The van der Waals surface area contributed by atoms with Crippen LogP contribution in [0.3, 0.4) is 0 Å². The lowest BCUT2D eigenvalue weighted by molar-refractivity contribution is -0.520. The molecular weight excluding hydrogens is 138 g/mol. The van der Waals surface area contributed by atoms with Crippen LogP contribution < -0.4 is 4.40 Å². The molecule has 0 unspecified atom stereocenters. The fraction of sp³-hybridized carbons (Fsp3) is 0.250. The summed E-state index contributed by atoms with van der Waals surface area (Å²) in [5.41, 5.74) is 1.12. The number of rotatable bonds is 0. The summed E-state index contributed by atoms with van der Waals surface area (Å²) in [4.78, 5) is 0. The van der Waals surface area contributed by atoms with E-state index < -0.39 is 0 Å². The summed E-state index contributed by atoms with van der Waals surface area (Å²) in [7, 11) is 1.95. The van der Waals surface area contributed by atoms with E-state index in [-0.39, 0.29) is 0 Å². The van der Waals surface area contributed by atoms with Crippen LogP contribution in [0.5, 0.6) is 0 Å². The summed E-state index contributed by atoms with van der Waals surface area (Å²) in [6, 6.07) is 6.05. The van der Waals surface area contributed by atoms with Gasteiger partial charge in [-0.05, 0) is 6.07 Å². The van der Waals surface area contributed by atoms with Crippen molar-refractivity contribution >= 4 is 5.65 Å². The maximum Gasteiger partial charge on any atom is 0.279 e. The van der Waals surface area contributed by atoms with Crippen molar-refractivity contribution in [1.82, 2.24) is 9.78 Å². The third-order valence-corrected chi connectivity index (χ3v) is 1.81. The second-order valence-corrected chi connectivity index (χ2v) is 2.60. The van der Waals surface area contributed by atoms with Gasteiger partial charge in [-0.3, -0.25) is 0 Å². The van der Waals surface area contributed by atoms with E-state index in [0.29, 0.717) is 0 Å². The summed E-state index contributed by atoms with van der Waals surface area (Å²) in [5, 5.41) is 4.27. The average molecular weight is 148 g/mol. The highest BCUT2D eigenvalue weighted by Gasteiger charge is 2.09. The highest BCUT2D eigenvalue weighted by atomic mass is 15.3. The molecule has 3 nitrogen and oxygen atoms in total. The standard InChI is InChI=1S/C8H10N3/c1-7-9-10(2)8-5-3-4-6-11(7)8/h3-6H,1-2H3/q+1. The normalized spacial score (nSPS) is 10.7. The Morgan fingerprint density at radius 2 is 2.27 bits per heavy atom. The van der Waals surface area contributed by atoms with Gasteiger partial charge in [0.2, 0.25) is 0 Å². The van der Waals surface area contributed by atoms with E-state index in [1.807, 2.05) is 43.0 Å². The van der Waals surface area contributed by atoms with E-state index in [1.54, 1.807) is 0 Å². The maximum absolute atomic E-state index is 4.27. The van der Waals surface area contributed by atoms with Crippen LogP contribution in [-0.2, 0) is 7.05 Å². The highest BCUT2D eigenvalue weighted by Crippen LogP contribution is 1.94. The minimum atomic E-state index is 1.02. The average Bonchev–Trinajstić information content (AvgIpc) is 2.30. The molecule has 0 amide bonds. The minimum absolute atomic E-state index is 1.02. The first-order valence-electron chi connectivity index (χ1n) is 3.59. The lowest BCUT2D eigenvalue weighted by atomic mass is 10.5. The van der Waals surface area contributed by atoms with Gasteiger partial charge in [-0.25, -0.2) is 4.40 Å². The van der Waals surface area contributed by atoms with Crippen LogP contribution in [0.2, 0.25) is 0 Å². The lowest BCUT2D eigenvalue weighted by Gasteiger charge is -1.84. The van der Waals surface area contributed by atoms with Crippen LogP contribution >= 0.6 is 0 Å². The van der Waals surface area contributed by atoms with Crippen molar-refractivity contribution in [3.8, 4) is 0 Å². The monoisotopic (exact) mass is 148 g/mol. The van der Waals surface area contributed by atoms with Crippen LogP contribution in [0.15, 0.2) is 24.4 Å². The molecule has 0 aliphatic carbocycles. The third kappa shape index (κ3) is 0.808. The van der Waals surface area contributed by atoms with Crippen molar-refractivity contribution in [2.24, 2.45) is 7.05 Å². The minimum Gasteiger partial charge on any atom is -0.202 e. The summed E-state index contributed by atoms with van der Waals surface area (Å²) >= 11 is 0. The van der Waals surface area contributed by atoms with Gasteiger partial charge in [0, 0.05) is 18.1 Å². The zero-order valence-electron chi connectivity index (χ0n) is 6.65. The topological polar surface area (TPSA) is 21.9 Å². The molecule has 0 N–H and O–H groups in total. The molecule has 11 heavy (non-hydrogen) atoms. The van der Waals surface area contributed by atoms with Crippen molar-refractivity contribution in [2.45, 2.75) is 6.92 Å². The molecule has 0 fully saturated rings. The first-order valence-corrected chi connectivity index (χ1v) is 3.59. The van der Waals surface area contributed by atoms with Crippen LogP contribution in [0, 0.1) is 6.92 Å². The molecule has 2 aromatic rings. The Morgan fingerprint density at radius 3 is 3.00 bits per heavy atom. The molecule has 3 heteroatoms. The first-order chi connectivity index (χ1) is 5.29. The SMILES string of the molecule is Cc1nn(C)c2cccc[n+]12. The van der Waals surface area contributed by atoms with Gasteiger partial charge in [0.25, 0.3) is 11.5 Å². The van der Waals surface area contributed by atoms with Crippen molar-refractivity contribution in [2.75, 3.05) is 0 Å². The molecule has 0 saturated carbocycles. The van der Waals surface area contributed by atoms with Crippen LogP contribution in [0.25, 0.3) is 5.65 Å². The van der Waals surface area contributed by atoms with Gasteiger partial charge in [0.05, 0.1) is 13.2 Å². The van der Waals surface area contributed by atoms with E-state index in [1.165, 1.54) is 0 Å². The van der Waals surface area contributed by atoms with Crippen molar-refractivity contribution in [1.29, 1.82) is 0 Å². The third-order valence-electron chi connectivity index (χ3n) is 1.81. The summed E-state index contributed by atoms with van der Waals surface area (Å²) in [5.74, 6) is 1.02. The molecule has 0 atom stereocenters. The Hall–Kier alpha value is -1.38. The maximum atomic E-state index is 4.27. The Bertz CT molecular complexity index is 353. The molecule has 0 radical (unpaired) electrons. The Labute approximate surface area is 64.9 Å². The molecular formula is C8H10N3+. The number of aryl methyl sites for hydroxylation is 2. The molecule has 56 valence electrons. The van der Waals surface area contributed by atoms with Gasteiger partial charge in [0.15, 0.2) is 0 Å². The van der Waals surface area contributed by atoms with E-state index in [9.17, 15) is 0 Å². The van der Waals surface area contributed by atoms with Crippen LogP contribution in [0.4, 0.5) is 0 Å². The second kappa shape index (κ2) is 2.05. The molecule has 0 saturated heterocycles. The largest absolute Gasteiger partial charge is 0.279 e. The van der Waals surface area contributed by atoms with E-state index in [2.05, 4.69) is 9.50 Å². The molecule has 0 aliphatic rings. The van der Waals surface area contributed by atoms with Gasteiger partial charge >= 0.3 is 0 Å². The van der Waals surface area contributed by atoms with Gasteiger partial charge < -0.3 is 0 Å². The van der Waals surface area contributed by atoms with E-state index in [0.717, 1.165) is 11.5 Å². The molecule has 0 spiro atoms. The number of hydrogen-bond donors (Lipinski definition) is 0. The summed E-state index contributed by atoms with van der Waals surface area (Å²) in [6.07, 6.45) is 2.01. The predicted octanol–water partition coefficient (Wildman–Crippen LogP) is 0.467. The number of hydrogen-bond acceptors (Lipinski definition) is 1. The van der Waals surface area contributed by atoms with E-state index >= 15 is 0 Å². The Kier molecular flexibility index (Phi) is 1.18. The second-order valence-electron chi connectivity index (χ2n) is 2.60. The van der Waals surface area contributed by atoms with Gasteiger partial charge in [-0.1, -0.05) is 6.07 Å². The van der Waals surface area contributed by atoms with Crippen LogP contribution in [-0.4, -0.2) is 9.78 Å². The fourth-order valence-corrected chi connectivity index (χ4v) is 1.29. The predicted molar refractivity (Wildman–Crippen MR) is 41.1 cm³/mol. The van der Waals surface area contributed by atoms with Gasteiger partial charge in [0.1, 0.15) is 0 Å². The van der Waals surface area contributed by atoms with Crippen molar-refractivity contribution < 1.29 is 4.40 Å². The van der Waals surface area contributed by atoms with Gasteiger partial charge in [-0.15, -0.1) is 4.68 Å². The molecule has 0 aromatic carbocycles. The summed E-state index contributed by atoms with van der Waals surface area (Å²) in [6.45, 7) is 1.99. The van der Waals surface area contributed by atoms with Crippen molar-refractivity contribution in [3.63, 3.8) is 0 Å². The number of fused-ring (bicyclic) bond motifs is 1. The molecule has 2 rings (SSSR count). The van der Waals surface area contributed by atoms with Crippen molar-refractivity contribution in [3.05, 3.63) is 30.2 Å². The molecule has 0 bridgehead atoms. The smallest absolute Gasteiger partial charge is 0.202 e. The van der Waals surface area contributed by atoms with Gasteiger partial charge in [-0.2, -0.15) is 0 Å². The molecule has 2 aromatic heterocycles. The van der Waals surface area contributed by atoms with Crippen LogP contribution in [0.1, 0.15) is 5.82 Å². The van der Waals surface area contributed by atoms with E-state index in [4.69, 9.17) is 0 Å². The zero-order chi connectivity index (χ0) is 7.84. The zero-order valence-corrected chi connectivity index (χ0v) is 6.65. The number of aromatic nitrogens is 3. The summed E-state index contributed by atoms with van der Waals surface area (Å²) < 4.78 is 3.93. The first kappa shape index (κ1) is 6.34. The highest BCUT2D eigenvalue weighted by molar-refractivity contribution is 5.27.